The summed E-state index contributed by atoms with van der Waals surface area (Å²) in [6.07, 6.45) is 0.815. The second-order valence-electron chi connectivity index (χ2n) is 4.24. The highest BCUT2D eigenvalue weighted by Gasteiger charge is 2.16. The van der Waals surface area contributed by atoms with Gasteiger partial charge in [0.05, 0.1) is 17.1 Å². The molecule has 0 unspecified atom stereocenters. The molecule has 2 rings (SSSR count). The molecule has 1 aromatic heterocycles. The molecule has 0 saturated heterocycles. The lowest BCUT2D eigenvalue weighted by atomic mass is 10.1. The molecule has 18 heavy (non-hydrogen) atoms. The minimum atomic E-state index is -0.768. The fraction of sp³-hybridized carbons (Fsp3) is 0.308. The molecule has 0 saturated carbocycles. The summed E-state index contributed by atoms with van der Waals surface area (Å²) in [5, 5.41) is 4.30. The molecular weight excluding hydrogens is 236 g/mol. The molecule has 1 heterocycles. The first-order valence-electron chi connectivity index (χ1n) is 5.75. The smallest absolute Gasteiger partial charge is 0.151 e. The lowest BCUT2D eigenvalue weighted by Gasteiger charge is -2.09. The summed E-state index contributed by atoms with van der Waals surface area (Å²) < 4.78 is 28.2. The largest absolute Gasteiger partial charge is 0.395 e. The van der Waals surface area contributed by atoms with Crippen LogP contribution in [-0.4, -0.2) is 9.78 Å². The van der Waals surface area contributed by atoms with Crippen molar-refractivity contribution in [1.82, 2.24) is 9.78 Å². The lowest BCUT2D eigenvalue weighted by Crippen LogP contribution is -2.06. The molecule has 0 radical (unpaired) electrons. The summed E-state index contributed by atoms with van der Waals surface area (Å²) in [5.74, 6) is -1.43. The maximum Gasteiger partial charge on any atom is 0.151 e. The number of hydrogen-bond donors (Lipinski definition) is 1. The van der Waals surface area contributed by atoms with Gasteiger partial charge in [-0.2, -0.15) is 5.10 Å². The maximum atomic E-state index is 13.4. The summed E-state index contributed by atoms with van der Waals surface area (Å²) in [6.45, 7) is 5.74. The van der Waals surface area contributed by atoms with Crippen LogP contribution in [0.4, 0.5) is 14.5 Å². The van der Waals surface area contributed by atoms with E-state index in [4.69, 9.17) is 5.73 Å². The van der Waals surface area contributed by atoms with Crippen molar-refractivity contribution in [3.8, 4) is 5.69 Å². The van der Waals surface area contributed by atoms with E-state index in [0.717, 1.165) is 29.4 Å². The first-order chi connectivity index (χ1) is 8.45. The Morgan fingerprint density at radius 2 is 1.94 bits per heavy atom. The van der Waals surface area contributed by atoms with Gasteiger partial charge in [0.2, 0.25) is 0 Å². The Balaban J connectivity index is 2.70. The number of nitrogens with two attached hydrogens (primary N) is 1. The van der Waals surface area contributed by atoms with Crippen LogP contribution >= 0.6 is 0 Å². The van der Waals surface area contributed by atoms with E-state index < -0.39 is 11.6 Å². The molecule has 2 N–H and O–H groups in total. The predicted molar refractivity (Wildman–Crippen MR) is 66.7 cm³/mol. The number of aromatic nitrogens is 2. The average molecular weight is 251 g/mol. The second kappa shape index (κ2) is 4.40. The normalized spacial score (nSPS) is 10.9. The van der Waals surface area contributed by atoms with Crippen molar-refractivity contribution in [1.29, 1.82) is 0 Å². The number of aryl methyl sites for hydroxylation is 1. The quantitative estimate of drug-likeness (QED) is 0.834. The maximum absolute atomic E-state index is 13.4. The van der Waals surface area contributed by atoms with Crippen molar-refractivity contribution in [3.05, 3.63) is 40.7 Å². The van der Waals surface area contributed by atoms with E-state index in [-0.39, 0.29) is 11.4 Å². The Labute approximate surface area is 104 Å². The van der Waals surface area contributed by atoms with Crippen molar-refractivity contribution in [2.75, 3.05) is 5.73 Å². The summed E-state index contributed by atoms with van der Waals surface area (Å²) in [7, 11) is 0. The molecule has 0 aliphatic heterocycles. The topological polar surface area (TPSA) is 43.8 Å². The number of rotatable bonds is 2. The van der Waals surface area contributed by atoms with Crippen LogP contribution < -0.4 is 5.73 Å². The molecule has 0 aliphatic rings. The van der Waals surface area contributed by atoms with Gasteiger partial charge >= 0.3 is 0 Å². The van der Waals surface area contributed by atoms with Crippen LogP contribution in [0.25, 0.3) is 5.69 Å². The van der Waals surface area contributed by atoms with Gasteiger partial charge in [-0.1, -0.05) is 6.92 Å². The first-order valence-corrected chi connectivity index (χ1v) is 5.75. The molecule has 1 aromatic carbocycles. The zero-order chi connectivity index (χ0) is 13.4. The molecule has 0 spiro atoms. The van der Waals surface area contributed by atoms with E-state index in [0.29, 0.717) is 0 Å². The van der Waals surface area contributed by atoms with Gasteiger partial charge in [0.1, 0.15) is 5.82 Å². The highest BCUT2D eigenvalue weighted by molar-refractivity contribution is 5.59. The third kappa shape index (κ3) is 1.85. The van der Waals surface area contributed by atoms with E-state index in [2.05, 4.69) is 5.10 Å². The van der Waals surface area contributed by atoms with E-state index in [1.807, 2.05) is 20.8 Å². The zero-order valence-electron chi connectivity index (χ0n) is 10.6. The third-order valence-corrected chi connectivity index (χ3v) is 3.10. The Kier molecular flexibility index (Phi) is 3.07. The van der Waals surface area contributed by atoms with Gasteiger partial charge in [0, 0.05) is 17.8 Å². The molecule has 3 nitrogen and oxygen atoms in total. The van der Waals surface area contributed by atoms with Crippen LogP contribution in [0.2, 0.25) is 0 Å². The molecule has 96 valence electrons. The highest BCUT2D eigenvalue weighted by Crippen LogP contribution is 2.25. The number of halogens is 2. The van der Waals surface area contributed by atoms with Crippen molar-refractivity contribution >= 4 is 5.69 Å². The molecule has 0 fully saturated rings. The molecule has 5 heteroatoms. The average Bonchev–Trinajstić information content (AvgIpc) is 2.59. The van der Waals surface area contributed by atoms with Gasteiger partial charge in [0.25, 0.3) is 0 Å². The van der Waals surface area contributed by atoms with Crippen LogP contribution in [0.15, 0.2) is 12.1 Å². The Morgan fingerprint density at radius 1 is 1.28 bits per heavy atom. The SMILES string of the molecule is CCc1c(C)nn(-c2cc(F)cc(F)c2N)c1C. The molecule has 0 bridgehead atoms. The monoisotopic (exact) mass is 251 g/mol. The Hall–Kier alpha value is -1.91. The Bertz CT molecular complexity index is 603. The van der Waals surface area contributed by atoms with Crippen molar-refractivity contribution in [2.45, 2.75) is 27.2 Å². The standard InChI is InChI=1S/C13H15F2N3/c1-4-10-7(2)17-18(8(10)3)12-6-9(14)5-11(15)13(12)16/h5-6H,4,16H2,1-3H3. The summed E-state index contributed by atoms with van der Waals surface area (Å²) in [4.78, 5) is 0. The summed E-state index contributed by atoms with van der Waals surface area (Å²) >= 11 is 0. The van der Waals surface area contributed by atoms with E-state index in [9.17, 15) is 8.78 Å². The number of nitrogen functional groups attached to an aromatic ring is 1. The molecule has 0 aliphatic carbocycles. The molecule has 0 atom stereocenters. The Morgan fingerprint density at radius 3 is 2.50 bits per heavy atom. The number of benzene rings is 1. The molecule has 2 aromatic rings. The van der Waals surface area contributed by atoms with Crippen LogP contribution in [-0.2, 0) is 6.42 Å². The van der Waals surface area contributed by atoms with E-state index >= 15 is 0 Å². The zero-order valence-corrected chi connectivity index (χ0v) is 10.6. The summed E-state index contributed by atoms with van der Waals surface area (Å²) in [5.41, 5.74) is 8.57. The molecular formula is C13H15F2N3. The second-order valence-corrected chi connectivity index (χ2v) is 4.24. The number of nitrogens with zero attached hydrogens (tertiary/aromatic N) is 2. The molecule has 0 amide bonds. The van der Waals surface area contributed by atoms with Crippen LogP contribution in [0.1, 0.15) is 23.9 Å². The van der Waals surface area contributed by atoms with Crippen LogP contribution in [0, 0.1) is 25.5 Å². The van der Waals surface area contributed by atoms with Crippen LogP contribution in [0.3, 0.4) is 0 Å². The van der Waals surface area contributed by atoms with Crippen LogP contribution in [0.5, 0.6) is 0 Å². The van der Waals surface area contributed by atoms with Gasteiger partial charge in [-0.25, -0.2) is 13.5 Å². The fourth-order valence-electron chi connectivity index (χ4n) is 2.17. The fourth-order valence-corrected chi connectivity index (χ4v) is 2.17. The number of anilines is 1. The van der Waals surface area contributed by atoms with Crippen molar-refractivity contribution in [3.63, 3.8) is 0 Å². The van der Waals surface area contributed by atoms with E-state index in [1.54, 1.807) is 0 Å². The van der Waals surface area contributed by atoms with E-state index in [1.165, 1.54) is 10.7 Å². The minimum absolute atomic E-state index is 0.0929. The van der Waals surface area contributed by atoms with Gasteiger partial charge in [-0.3, -0.25) is 0 Å². The van der Waals surface area contributed by atoms with Crippen molar-refractivity contribution in [2.24, 2.45) is 0 Å². The van der Waals surface area contributed by atoms with Gasteiger partial charge < -0.3 is 5.73 Å². The summed E-state index contributed by atoms with van der Waals surface area (Å²) in [6, 6.07) is 1.96. The predicted octanol–water partition coefficient (Wildman–Crippen LogP) is 2.91. The van der Waals surface area contributed by atoms with Crippen molar-refractivity contribution < 1.29 is 8.78 Å². The number of hydrogen-bond acceptors (Lipinski definition) is 2. The minimum Gasteiger partial charge on any atom is -0.395 e. The third-order valence-electron chi connectivity index (χ3n) is 3.10. The lowest BCUT2D eigenvalue weighted by molar-refractivity contribution is 0.583. The van der Waals surface area contributed by atoms with Gasteiger partial charge in [-0.05, 0) is 25.8 Å². The van der Waals surface area contributed by atoms with Gasteiger partial charge in [-0.15, -0.1) is 0 Å². The first kappa shape index (κ1) is 12.5. The highest BCUT2D eigenvalue weighted by atomic mass is 19.1. The van der Waals surface area contributed by atoms with Gasteiger partial charge in [0.15, 0.2) is 5.82 Å².